The van der Waals surface area contributed by atoms with Gasteiger partial charge in [-0.1, -0.05) is 6.92 Å². The minimum atomic E-state index is -0.300. The van der Waals surface area contributed by atoms with E-state index in [0.29, 0.717) is 41.8 Å². The van der Waals surface area contributed by atoms with Gasteiger partial charge in [0.1, 0.15) is 0 Å². The Morgan fingerprint density at radius 2 is 1.90 bits per heavy atom. The number of nitrogens with one attached hydrogen (secondary N) is 2. The molecule has 5 heterocycles. The van der Waals surface area contributed by atoms with Crippen molar-refractivity contribution in [1.29, 1.82) is 0 Å². The monoisotopic (exact) mass is 568 g/mol. The molecule has 1 unspecified atom stereocenters. The van der Waals surface area contributed by atoms with Crippen molar-refractivity contribution >= 4 is 28.9 Å². The van der Waals surface area contributed by atoms with Crippen molar-refractivity contribution in [2.75, 3.05) is 48.8 Å². The van der Waals surface area contributed by atoms with Crippen molar-refractivity contribution in [2.24, 2.45) is 10.9 Å². The molecule has 10 heteroatoms. The van der Waals surface area contributed by atoms with Crippen LogP contribution < -0.4 is 20.3 Å². The first-order valence-electron chi connectivity index (χ1n) is 15.4. The lowest BCUT2D eigenvalue weighted by Gasteiger charge is -2.30. The third kappa shape index (κ3) is 5.47. The Bertz CT molecular complexity index is 1520. The van der Waals surface area contributed by atoms with Gasteiger partial charge in [0.15, 0.2) is 0 Å². The molecule has 1 saturated heterocycles. The van der Waals surface area contributed by atoms with Crippen molar-refractivity contribution in [3.63, 3.8) is 0 Å². The number of aliphatic imine (C=N–C) groups is 1. The molecule has 1 amide bonds. The van der Waals surface area contributed by atoms with Crippen LogP contribution in [0.5, 0.6) is 5.88 Å². The zero-order valence-corrected chi connectivity index (χ0v) is 24.8. The van der Waals surface area contributed by atoms with Crippen molar-refractivity contribution in [3.8, 4) is 17.1 Å². The molecular weight excluding hydrogens is 528 g/mol. The van der Waals surface area contributed by atoms with Crippen LogP contribution in [0.4, 0.5) is 17.1 Å². The number of ether oxygens (including phenoxy) is 1. The van der Waals surface area contributed by atoms with Crippen molar-refractivity contribution < 1.29 is 9.53 Å². The van der Waals surface area contributed by atoms with Crippen LogP contribution >= 0.6 is 0 Å². The minimum Gasteiger partial charge on any atom is -0.477 e. The number of hydrogen-bond donors (Lipinski definition) is 2. The van der Waals surface area contributed by atoms with Crippen LogP contribution in [0.1, 0.15) is 67.5 Å². The van der Waals surface area contributed by atoms with E-state index >= 15 is 0 Å². The summed E-state index contributed by atoms with van der Waals surface area (Å²) in [7, 11) is 2.18. The Morgan fingerprint density at radius 3 is 2.71 bits per heavy atom. The molecule has 2 fully saturated rings. The second-order valence-electron chi connectivity index (χ2n) is 12.4. The van der Waals surface area contributed by atoms with E-state index in [4.69, 9.17) is 9.72 Å². The van der Waals surface area contributed by atoms with Crippen LogP contribution in [0.2, 0.25) is 0 Å². The van der Waals surface area contributed by atoms with Gasteiger partial charge in [-0.2, -0.15) is 10.1 Å². The fourth-order valence-electron chi connectivity index (χ4n) is 6.27. The smallest absolute Gasteiger partial charge is 0.280 e. The molecule has 1 aliphatic carbocycles. The number of rotatable bonds is 3. The zero-order chi connectivity index (χ0) is 28.8. The molecular formula is C32H40N8O2. The summed E-state index contributed by atoms with van der Waals surface area (Å²) in [6.07, 6.45) is 8.21. The van der Waals surface area contributed by atoms with Crippen LogP contribution in [0.3, 0.4) is 0 Å². The van der Waals surface area contributed by atoms with Crippen molar-refractivity contribution in [2.45, 2.75) is 64.5 Å². The predicted octanol–water partition coefficient (Wildman–Crippen LogP) is 5.33. The van der Waals surface area contributed by atoms with Gasteiger partial charge in [-0.3, -0.25) is 9.78 Å². The molecule has 1 saturated carbocycles. The Hall–Kier alpha value is -3.92. The number of likely N-dealkylation sites (tertiary alicyclic amines) is 1. The lowest BCUT2D eigenvalue weighted by Crippen LogP contribution is -2.36. The number of hydrogen-bond acceptors (Lipinski definition) is 8. The minimum absolute atomic E-state index is 0.300. The second kappa shape index (κ2) is 11.1. The van der Waals surface area contributed by atoms with Crippen LogP contribution in [-0.2, 0) is 0 Å². The van der Waals surface area contributed by atoms with E-state index < -0.39 is 0 Å². The number of benzene rings is 1. The number of carbonyl (C=O) groups is 1. The number of fused-ring (bicyclic) bond motifs is 7. The molecule has 0 radical (unpaired) electrons. The summed E-state index contributed by atoms with van der Waals surface area (Å²) in [5.41, 5.74) is 5.88. The van der Waals surface area contributed by atoms with Gasteiger partial charge in [0.25, 0.3) is 5.91 Å². The lowest BCUT2D eigenvalue weighted by atomic mass is 10.0. The van der Waals surface area contributed by atoms with E-state index in [1.54, 1.807) is 6.07 Å². The fourth-order valence-corrected chi connectivity index (χ4v) is 6.27. The summed E-state index contributed by atoms with van der Waals surface area (Å²) in [6.45, 7) is 7.73. The summed E-state index contributed by atoms with van der Waals surface area (Å²) in [4.78, 5) is 27.6. The molecule has 7 rings (SSSR count). The first-order chi connectivity index (χ1) is 20.4. The highest BCUT2D eigenvalue weighted by molar-refractivity contribution is 6.19. The zero-order valence-electron chi connectivity index (χ0n) is 24.8. The second-order valence-corrected chi connectivity index (χ2v) is 12.4. The average Bonchev–Trinajstić information content (AvgIpc) is 3.65. The number of pyridine rings is 1. The largest absolute Gasteiger partial charge is 0.477 e. The molecule has 220 valence electrons. The Balaban J connectivity index is 1.21. The Morgan fingerprint density at radius 1 is 1.07 bits per heavy atom. The van der Waals surface area contributed by atoms with E-state index in [9.17, 15) is 4.79 Å². The van der Waals surface area contributed by atoms with Gasteiger partial charge in [0.05, 0.1) is 41.5 Å². The van der Waals surface area contributed by atoms with Crippen LogP contribution in [-0.4, -0.2) is 70.9 Å². The Labute approximate surface area is 247 Å². The van der Waals surface area contributed by atoms with Crippen molar-refractivity contribution in [1.82, 2.24) is 19.7 Å². The molecule has 4 aliphatic rings. The topological polar surface area (TPSA) is 99.9 Å². The van der Waals surface area contributed by atoms with Crippen molar-refractivity contribution in [3.05, 3.63) is 47.8 Å². The highest BCUT2D eigenvalue weighted by Gasteiger charge is 2.31. The van der Waals surface area contributed by atoms with Crippen LogP contribution in [0, 0.1) is 12.8 Å². The van der Waals surface area contributed by atoms with Gasteiger partial charge < -0.3 is 25.2 Å². The third-order valence-corrected chi connectivity index (χ3v) is 8.78. The Kier molecular flexibility index (Phi) is 7.09. The SMILES string of the molecule is Cc1cc2cc(n1)-c1cnn(C3CC3)c1OCCCC(C)CN1/C(=N/C2=O)Nc2cc(NC3CCN(C)CC3)ccc21. The maximum absolute atomic E-state index is 13.7. The van der Waals surface area contributed by atoms with E-state index in [-0.39, 0.29) is 5.91 Å². The number of nitrogens with zero attached hydrogens (tertiary/aromatic N) is 6. The first-order valence-corrected chi connectivity index (χ1v) is 15.4. The molecule has 42 heavy (non-hydrogen) atoms. The number of amides is 1. The van der Waals surface area contributed by atoms with Gasteiger partial charge in [-0.15, -0.1) is 0 Å². The van der Waals surface area contributed by atoms with E-state index in [1.807, 2.05) is 23.9 Å². The first kappa shape index (κ1) is 26.9. The van der Waals surface area contributed by atoms with Gasteiger partial charge in [0.2, 0.25) is 11.8 Å². The van der Waals surface area contributed by atoms with E-state index in [0.717, 1.165) is 92.4 Å². The molecule has 1 atom stereocenters. The highest BCUT2D eigenvalue weighted by atomic mass is 16.5. The number of piperidine rings is 1. The lowest BCUT2D eigenvalue weighted by molar-refractivity contribution is 0.100. The van der Waals surface area contributed by atoms with E-state index in [1.165, 1.54) is 0 Å². The molecule has 2 aromatic heterocycles. The highest BCUT2D eigenvalue weighted by Crippen LogP contribution is 2.41. The maximum atomic E-state index is 13.7. The number of aromatic nitrogens is 3. The number of guanidine groups is 1. The van der Waals surface area contributed by atoms with Gasteiger partial charge >= 0.3 is 0 Å². The maximum Gasteiger partial charge on any atom is 0.280 e. The summed E-state index contributed by atoms with van der Waals surface area (Å²) >= 11 is 0. The summed E-state index contributed by atoms with van der Waals surface area (Å²) in [6, 6.07) is 10.9. The normalized spacial score (nSPS) is 22.9. The quantitative estimate of drug-likeness (QED) is 0.437. The number of aryl methyl sites for hydroxylation is 1. The molecule has 3 aliphatic heterocycles. The standard InChI is InChI=1S/C32H40N8O2/c1-20-5-4-14-42-31-26(18-33-40(31)25-7-8-25)27-16-22(15-21(2)34-27)30(41)37-32-36-28-17-24(6-9-29(28)39(32)19-20)35-23-10-12-38(3)13-11-23/h6,9,15-18,20,23,25,35H,4-5,7-8,10-14,19H2,1-3H3,(H,36,37,41). The third-order valence-electron chi connectivity index (χ3n) is 8.78. The van der Waals surface area contributed by atoms with Crippen LogP contribution in [0.15, 0.2) is 41.5 Å². The molecule has 1 aromatic carbocycles. The molecule has 2 bridgehead atoms. The molecule has 0 spiro atoms. The summed E-state index contributed by atoms with van der Waals surface area (Å²) < 4.78 is 8.38. The fraction of sp³-hybridized carbons (Fsp3) is 0.500. The van der Waals surface area contributed by atoms with Gasteiger partial charge in [-0.25, -0.2) is 4.68 Å². The summed E-state index contributed by atoms with van der Waals surface area (Å²) in [5, 5.41) is 11.8. The van der Waals surface area contributed by atoms with E-state index in [2.05, 4.69) is 62.7 Å². The summed E-state index contributed by atoms with van der Waals surface area (Å²) in [5.74, 6) is 1.39. The predicted molar refractivity (Wildman–Crippen MR) is 166 cm³/mol. The molecule has 10 nitrogen and oxygen atoms in total. The van der Waals surface area contributed by atoms with Gasteiger partial charge in [0, 0.05) is 29.5 Å². The van der Waals surface area contributed by atoms with Crippen LogP contribution in [0.25, 0.3) is 11.3 Å². The number of carbonyl (C=O) groups excluding carboxylic acids is 1. The number of anilines is 3. The molecule has 2 N–H and O–H groups in total. The average molecular weight is 569 g/mol. The van der Waals surface area contributed by atoms with Gasteiger partial charge in [-0.05, 0) is 102 Å². The molecule has 3 aromatic rings.